The Morgan fingerprint density at radius 2 is 1.85 bits per heavy atom. The van der Waals surface area contributed by atoms with Crippen LogP contribution < -0.4 is 5.32 Å². The number of benzene rings is 1. The Morgan fingerprint density at radius 3 is 2.40 bits per heavy atom. The Kier molecular flexibility index (Phi) is 3.64. The van der Waals surface area contributed by atoms with Gasteiger partial charge < -0.3 is 5.32 Å². The molecule has 2 fully saturated rings. The van der Waals surface area contributed by atoms with Crippen LogP contribution in [0, 0.1) is 11.3 Å². The lowest BCUT2D eigenvalue weighted by Crippen LogP contribution is -2.55. The van der Waals surface area contributed by atoms with E-state index in [0.717, 1.165) is 12.6 Å². The molecule has 110 valence electrons. The maximum Gasteiger partial charge on any atom is 0.0476 e. The van der Waals surface area contributed by atoms with E-state index in [2.05, 4.69) is 68.2 Å². The SMILES string of the molecule is CC(C)C1CN(C2CC2(C)C)C(c2ccccc2)CN1. The molecule has 0 radical (unpaired) electrons. The first-order chi connectivity index (χ1) is 9.49. The molecule has 3 rings (SSSR count). The van der Waals surface area contributed by atoms with Gasteiger partial charge in [0.25, 0.3) is 0 Å². The van der Waals surface area contributed by atoms with E-state index in [0.29, 0.717) is 23.4 Å². The van der Waals surface area contributed by atoms with Crippen molar-refractivity contribution in [3.63, 3.8) is 0 Å². The normalized spacial score (nSPS) is 33.4. The van der Waals surface area contributed by atoms with Crippen molar-refractivity contribution in [2.24, 2.45) is 11.3 Å². The molecular weight excluding hydrogens is 244 g/mol. The van der Waals surface area contributed by atoms with E-state index >= 15 is 0 Å². The van der Waals surface area contributed by atoms with Gasteiger partial charge in [-0.15, -0.1) is 0 Å². The second kappa shape index (κ2) is 5.16. The van der Waals surface area contributed by atoms with Crippen molar-refractivity contribution in [3.05, 3.63) is 35.9 Å². The van der Waals surface area contributed by atoms with Crippen LogP contribution in [0.15, 0.2) is 30.3 Å². The predicted octanol–water partition coefficient (Wildman–Crippen LogP) is 3.46. The Labute approximate surface area is 123 Å². The molecule has 3 unspecified atom stereocenters. The Morgan fingerprint density at radius 1 is 1.20 bits per heavy atom. The fourth-order valence-corrected chi connectivity index (χ4v) is 3.58. The average molecular weight is 272 g/mol. The van der Waals surface area contributed by atoms with Gasteiger partial charge in [-0.05, 0) is 23.3 Å². The molecule has 1 aromatic rings. The highest BCUT2D eigenvalue weighted by Gasteiger charge is 2.52. The van der Waals surface area contributed by atoms with E-state index in [1.165, 1.54) is 18.5 Å². The van der Waals surface area contributed by atoms with Crippen molar-refractivity contribution >= 4 is 0 Å². The molecular formula is C18H28N2. The van der Waals surface area contributed by atoms with E-state index in [-0.39, 0.29) is 0 Å². The number of hydrogen-bond acceptors (Lipinski definition) is 2. The van der Waals surface area contributed by atoms with Gasteiger partial charge in [-0.1, -0.05) is 58.0 Å². The van der Waals surface area contributed by atoms with E-state index in [1.807, 2.05) is 0 Å². The minimum absolute atomic E-state index is 0.506. The summed E-state index contributed by atoms with van der Waals surface area (Å²) in [6, 6.07) is 12.9. The van der Waals surface area contributed by atoms with Gasteiger partial charge in [-0.3, -0.25) is 4.90 Å². The lowest BCUT2D eigenvalue weighted by molar-refractivity contribution is 0.0929. The van der Waals surface area contributed by atoms with Gasteiger partial charge in [0.15, 0.2) is 0 Å². The summed E-state index contributed by atoms with van der Waals surface area (Å²) >= 11 is 0. The summed E-state index contributed by atoms with van der Waals surface area (Å²) in [5, 5.41) is 3.77. The van der Waals surface area contributed by atoms with Crippen molar-refractivity contribution in [2.75, 3.05) is 13.1 Å². The second-order valence-corrected chi connectivity index (χ2v) is 7.59. The van der Waals surface area contributed by atoms with Crippen LogP contribution >= 0.6 is 0 Å². The second-order valence-electron chi connectivity index (χ2n) is 7.59. The first kappa shape index (κ1) is 14.1. The van der Waals surface area contributed by atoms with Crippen LogP contribution in [0.2, 0.25) is 0 Å². The highest BCUT2D eigenvalue weighted by Crippen LogP contribution is 2.51. The zero-order valence-corrected chi connectivity index (χ0v) is 13.3. The van der Waals surface area contributed by atoms with E-state index in [4.69, 9.17) is 0 Å². The number of nitrogens with zero attached hydrogens (tertiary/aromatic N) is 1. The lowest BCUT2D eigenvalue weighted by atomic mass is 9.95. The summed E-state index contributed by atoms with van der Waals surface area (Å²) in [7, 11) is 0. The molecule has 0 bridgehead atoms. The van der Waals surface area contributed by atoms with Gasteiger partial charge >= 0.3 is 0 Å². The predicted molar refractivity (Wildman–Crippen MR) is 84.7 cm³/mol. The topological polar surface area (TPSA) is 15.3 Å². The van der Waals surface area contributed by atoms with Crippen LogP contribution in [0.4, 0.5) is 0 Å². The first-order valence-corrected chi connectivity index (χ1v) is 8.03. The van der Waals surface area contributed by atoms with Crippen LogP contribution in [0.1, 0.15) is 45.7 Å². The van der Waals surface area contributed by atoms with Crippen molar-refractivity contribution < 1.29 is 0 Å². The molecule has 3 atom stereocenters. The maximum atomic E-state index is 3.77. The van der Waals surface area contributed by atoms with Gasteiger partial charge in [-0.25, -0.2) is 0 Å². The minimum Gasteiger partial charge on any atom is -0.311 e. The van der Waals surface area contributed by atoms with E-state index < -0.39 is 0 Å². The fraction of sp³-hybridized carbons (Fsp3) is 0.667. The molecule has 1 aliphatic heterocycles. The van der Waals surface area contributed by atoms with Crippen molar-refractivity contribution in [2.45, 2.75) is 52.2 Å². The average Bonchev–Trinajstić information content (AvgIpc) is 3.08. The smallest absolute Gasteiger partial charge is 0.0476 e. The number of hydrogen-bond donors (Lipinski definition) is 1. The van der Waals surface area contributed by atoms with Gasteiger partial charge in [0, 0.05) is 31.2 Å². The van der Waals surface area contributed by atoms with Gasteiger partial charge in [0.2, 0.25) is 0 Å². The molecule has 20 heavy (non-hydrogen) atoms. The summed E-state index contributed by atoms with van der Waals surface area (Å²) in [5.41, 5.74) is 1.97. The van der Waals surface area contributed by atoms with Crippen LogP contribution in [0.3, 0.4) is 0 Å². The van der Waals surface area contributed by atoms with E-state index in [9.17, 15) is 0 Å². The third kappa shape index (κ3) is 2.64. The summed E-state index contributed by atoms with van der Waals surface area (Å²) in [4.78, 5) is 2.77. The zero-order chi connectivity index (χ0) is 14.3. The van der Waals surface area contributed by atoms with E-state index in [1.54, 1.807) is 0 Å². The van der Waals surface area contributed by atoms with Gasteiger partial charge in [0.05, 0.1) is 0 Å². The third-order valence-electron chi connectivity index (χ3n) is 5.23. The summed E-state index contributed by atoms with van der Waals surface area (Å²) < 4.78 is 0. The summed E-state index contributed by atoms with van der Waals surface area (Å²) in [5.74, 6) is 0.705. The first-order valence-electron chi connectivity index (χ1n) is 8.03. The zero-order valence-electron chi connectivity index (χ0n) is 13.3. The quantitative estimate of drug-likeness (QED) is 0.906. The third-order valence-corrected chi connectivity index (χ3v) is 5.23. The fourth-order valence-electron chi connectivity index (χ4n) is 3.58. The molecule has 1 aromatic carbocycles. The molecule has 0 spiro atoms. The number of piperazine rings is 1. The molecule has 1 aliphatic carbocycles. The Hall–Kier alpha value is -0.860. The number of rotatable bonds is 3. The van der Waals surface area contributed by atoms with Gasteiger partial charge in [-0.2, -0.15) is 0 Å². The molecule has 1 saturated heterocycles. The molecule has 2 nitrogen and oxygen atoms in total. The molecule has 0 amide bonds. The molecule has 0 aromatic heterocycles. The molecule has 1 heterocycles. The number of nitrogens with one attached hydrogen (secondary N) is 1. The standard InChI is InChI=1S/C18H28N2/c1-13(2)15-12-20(17-10-18(17,3)4)16(11-19-15)14-8-6-5-7-9-14/h5-9,13,15-17,19H,10-12H2,1-4H3. The molecule has 2 aliphatic rings. The Balaban J connectivity index is 1.82. The minimum atomic E-state index is 0.506. The van der Waals surface area contributed by atoms with Crippen LogP contribution in [0.25, 0.3) is 0 Å². The molecule has 1 N–H and O–H groups in total. The summed E-state index contributed by atoms with van der Waals surface area (Å²) in [6.45, 7) is 11.7. The summed E-state index contributed by atoms with van der Waals surface area (Å²) in [6.07, 6.45) is 1.35. The maximum absolute atomic E-state index is 3.77. The van der Waals surface area contributed by atoms with Crippen molar-refractivity contribution in [1.82, 2.24) is 10.2 Å². The van der Waals surface area contributed by atoms with Gasteiger partial charge in [0.1, 0.15) is 0 Å². The van der Waals surface area contributed by atoms with Crippen LogP contribution in [0.5, 0.6) is 0 Å². The van der Waals surface area contributed by atoms with Crippen LogP contribution in [-0.4, -0.2) is 30.1 Å². The monoisotopic (exact) mass is 272 g/mol. The van der Waals surface area contributed by atoms with Crippen molar-refractivity contribution in [1.29, 1.82) is 0 Å². The molecule has 1 saturated carbocycles. The highest BCUT2D eigenvalue weighted by atomic mass is 15.3. The molecule has 2 heteroatoms. The lowest BCUT2D eigenvalue weighted by Gasteiger charge is -2.43. The van der Waals surface area contributed by atoms with Crippen molar-refractivity contribution in [3.8, 4) is 0 Å². The largest absolute Gasteiger partial charge is 0.311 e. The highest BCUT2D eigenvalue weighted by molar-refractivity contribution is 5.22. The Bertz CT molecular complexity index is 452. The van der Waals surface area contributed by atoms with Crippen LogP contribution in [-0.2, 0) is 0 Å².